The summed E-state index contributed by atoms with van der Waals surface area (Å²) in [5.74, 6) is -5.56. The van der Waals surface area contributed by atoms with Crippen LogP contribution in [0.15, 0.2) is 197 Å². The number of Topliss-reactive ketones (excluding diaryl/α,β-unsaturated/α-hetero) is 5. The summed E-state index contributed by atoms with van der Waals surface area (Å²) in [5, 5.41) is 30.6. The molecule has 0 saturated carbocycles. The lowest BCUT2D eigenvalue weighted by atomic mass is 9.92. The molecule has 5 aromatic rings. The number of amides is 3. The van der Waals surface area contributed by atoms with Crippen molar-refractivity contribution in [2.75, 3.05) is 39.8 Å². The number of methoxy groups -OCH3 is 3. The molecule has 0 heterocycles. The Hall–Kier alpha value is -11.1. The van der Waals surface area contributed by atoms with Gasteiger partial charge >= 0.3 is 17.9 Å². The van der Waals surface area contributed by atoms with Gasteiger partial charge in [-0.05, 0) is 170 Å². The van der Waals surface area contributed by atoms with E-state index in [9.17, 15) is 67.7 Å². The Morgan fingerprint density at radius 2 is 0.763 bits per heavy atom. The number of carbonyl (C=O) groups is 12. The van der Waals surface area contributed by atoms with Gasteiger partial charge in [-0.2, -0.15) is 0 Å². The molecule has 0 aliphatic rings. The highest BCUT2D eigenvalue weighted by Crippen LogP contribution is 2.20. The molecule has 22 nitrogen and oxygen atoms in total. The maximum absolute atomic E-state index is 11.9. The van der Waals surface area contributed by atoms with Crippen LogP contribution in [-0.2, 0) is 67.0 Å². The summed E-state index contributed by atoms with van der Waals surface area (Å²) >= 11 is 0. The second kappa shape index (κ2) is 40.9. The Balaban J connectivity index is 0.000000608. The van der Waals surface area contributed by atoms with Crippen LogP contribution in [0.4, 0.5) is 5.69 Å². The topological polar surface area (TPSA) is 330 Å². The minimum Gasteiger partial charge on any atom is -0.492 e. The molecule has 0 spiro atoms. The first kappa shape index (κ1) is 83.9. The molecule has 0 bridgehead atoms. The van der Waals surface area contributed by atoms with E-state index in [-0.39, 0.29) is 51.8 Å². The summed E-state index contributed by atoms with van der Waals surface area (Å²) in [6.07, 6.45) is 8.70. The fourth-order valence-electron chi connectivity index (χ4n) is 8.01. The highest BCUT2D eigenvalue weighted by atomic mass is 16.5. The van der Waals surface area contributed by atoms with Gasteiger partial charge in [0, 0.05) is 63.2 Å². The van der Waals surface area contributed by atoms with Crippen LogP contribution in [0.5, 0.6) is 5.75 Å². The Morgan fingerprint density at radius 1 is 0.433 bits per heavy atom. The van der Waals surface area contributed by atoms with E-state index in [1.807, 2.05) is 39.8 Å². The third kappa shape index (κ3) is 32.1. The molecule has 22 heteroatoms. The van der Waals surface area contributed by atoms with Crippen molar-refractivity contribution in [3.05, 3.63) is 241 Å². The van der Waals surface area contributed by atoms with E-state index >= 15 is 0 Å². The summed E-state index contributed by atoms with van der Waals surface area (Å²) in [4.78, 5) is 136. The number of aryl methyl sites for hydroxylation is 1. The van der Waals surface area contributed by atoms with E-state index in [1.165, 1.54) is 77.3 Å². The fraction of sp³-hybridized carbons (Fsp3) is 0.280. The number of carbonyl (C=O) groups excluding carboxylic acids is 12. The smallest absolute Gasteiger partial charge is 0.379 e. The molecule has 516 valence electrons. The zero-order valence-corrected chi connectivity index (χ0v) is 56.8. The van der Waals surface area contributed by atoms with Crippen molar-refractivity contribution < 1.29 is 86.7 Å². The van der Waals surface area contributed by atoms with Gasteiger partial charge in [-0.15, -0.1) is 0 Å². The number of benzene rings is 5. The second-order valence-electron chi connectivity index (χ2n) is 23.3. The number of esters is 3. The Labute approximate surface area is 566 Å². The number of anilines is 1. The molecule has 0 radical (unpaired) electrons. The van der Waals surface area contributed by atoms with Crippen molar-refractivity contribution in [2.45, 2.75) is 103 Å². The molecule has 0 fully saturated rings. The lowest BCUT2D eigenvalue weighted by molar-refractivity contribution is -0.135. The van der Waals surface area contributed by atoms with Crippen molar-refractivity contribution in [3.63, 3.8) is 0 Å². The van der Waals surface area contributed by atoms with E-state index in [0.29, 0.717) is 61.4 Å². The van der Waals surface area contributed by atoms with Gasteiger partial charge in [-0.1, -0.05) is 112 Å². The van der Waals surface area contributed by atoms with Crippen molar-refractivity contribution in [1.29, 1.82) is 0 Å². The third-order valence-corrected chi connectivity index (χ3v) is 13.0. The largest absolute Gasteiger partial charge is 0.492 e. The number of rotatable bonds is 30. The summed E-state index contributed by atoms with van der Waals surface area (Å²) < 4.78 is 18.6. The van der Waals surface area contributed by atoms with Gasteiger partial charge in [0.1, 0.15) is 23.6 Å². The van der Waals surface area contributed by atoms with E-state index in [2.05, 4.69) is 75.0 Å². The first-order chi connectivity index (χ1) is 45.3. The van der Waals surface area contributed by atoms with E-state index in [4.69, 9.17) is 4.74 Å². The van der Waals surface area contributed by atoms with Crippen molar-refractivity contribution in [1.82, 2.24) is 16.0 Å². The molecule has 0 aliphatic heterocycles. The number of nitrogens with one attached hydrogen (secondary N) is 4. The number of ether oxygens (including phenoxy) is 4. The van der Waals surface area contributed by atoms with Crippen LogP contribution in [0.25, 0.3) is 0 Å². The van der Waals surface area contributed by atoms with Gasteiger partial charge in [0.05, 0.1) is 21.3 Å². The Bertz CT molecular complexity index is 3620. The molecule has 0 atom stereocenters. The predicted octanol–water partition coefficient (Wildman–Crippen LogP) is 9.13. The summed E-state index contributed by atoms with van der Waals surface area (Å²) in [7, 11) is 3.47. The van der Waals surface area contributed by atoms with Crippen LogP contribution >= 0.6 is 0 Å². The summed E-state index contributed by atoms with van der Waals surface area (Å²) in [6, 6.07) is 32.8. The van der Waals surface area contributed by atoms with Gasteiger partial charge in [0.15, 0.2) is 17.3 Å². The van der Waals surface area contributed by atoms with E-state index < -0.39 is 57.5 Å². The van der Waals surface area contributed by atoms with Crippen LogP contribution in [0, 0.1) is 0 Å². The molecule has 0 unspecified atom stereocenters. The van der Waals surface area contributed by atoms with Crippen LogP contribution in [-0.4, -0.2) is 137 Å². The summed E-state index contributed by atoms with van der Waals surface area (Å²) in [5.41, 5.74) is 2.21. The number of allylic oxidation sites excluding steroid dienone is 2. The SMILES string of the molecule is C=CC(=C)NCCOc1ccc(C(=O)C(C)(C)O)cc1.C=CC(=O)CCc1ccc(C(=O)C(=O)OC)cc1.C=CC(=O)NC(C)(C)Cc1ccc(C(=O)C(=O)OC)cc1.C=CC(=O)NC(C)(C)Cc1ccc(C(=O)C(C)(C)O)cc1.C=CC(=O)Nc1ccc(C(=O)C(=O)OC)cc1. The highest BCUT2D eigenvalue weighted by molar-refractivity contribution is 6.41. The highest BCUT2D eigenvalue weighted by Gasteiger charge is 2.27. The molecular weight excluding hydrogens is 1240 g/mol. The van der Waals surface area contributed by atoms with Gasteiger partial charge in [0.2, 0.25) is 17.7 Å². The zero-order chi connectivity index (χ0) is 73.9. The average molecular weight is 1330 g/mol. The number of hydrogen-bond acceptors (Lipinski definition) is 19. The number of hydrogen-bond donors (Lipinski definition) is 6. The quantitative estimate of drug-likeness (QED) is 0.00474. The molecule has 3 amide bonds. The number of ketones is 6. The van der Waals surface area contributed by atoms with E-state index in [1.54, 1.807) is 91.0 Å². The monoisotopic (exact) mass is 1330 g/mol. The van der Waals surface area contributed by atoms with Gasteiger partial charge in [0.25, 0.3) is 17.3 Å². The molecule has 0 aromatic heterocycles. The third-order valence-electron chi connectivity index (χ3n) is 13.0. The van der Waals surface area contributed by atoms with Crippen LogP contribution in [0.3, 0.4) is 0 Å². The second-order valence-corrected chi connectivity index (χ2v) is 23.3. The summed E-state index contributed by atoms with van der Waals surface area (Å²) in [6.45, 7) is 35.5. The standard InChI is InChI=1S/C17H23NO3.C16H19NO4.C16H21NO3.C14H14O4.C12H11NO4/c1-6-14(19)18-16(2,3)11-12-7-9-13(10-8-12)15(20)17(4,5)21;1-5-13(18)17-16(2,3)10-11-6-8-12(9-7-11)14(19)15(20)21-4;1-5-12(2)17-10-11-20-14-8-6-13(7-9-14)15(18)16(3,4)19;1-3-12(15)9-6-10-4-7-11(8-5-10)13(16)14(17)18-2;1-3-10(14)13-9-6-4-8(5-7-9)11(15)12(16)17-2/h6-10,21H,1,11H2,2-5H3,(H,18,19);5-9H,1,10H2,2-4H3,(H,17,18);5-9,17,19H,1-2,10-11H2,3-4H3;3-5,7-8H,1,6,9H2,2H3;3-7H,1H2,2H3,(H,13,14). The predicted molar refractivity (Wildman–Crippen MR) is 370 cm³/mol. The maximum Gasteiger partial charge on any atom is 0.379 e. The average Bonchev–Trinajstić information content (AvgIpc) is 0.897. The lowest BCUT2D eigenvalue weighted by Crippen LogP contribution is -2.44. The van der Waals surface area contributed by atoms with Crippen molar-refractivity contribution in [3.8, 4) is 5.75 Å². The minimum absolute atomic E-state index is 0.0234. The molecule has 5 aromatic carbocycles. The van der Waals surface area contributed by atoms with Crippen LogP contribution in [0.2, 0.25) is 0 Å². The fourth-order valence-corrected chi connectivity index (χ4v) is 8.01. The molecule has 5 rings (SSSR count). The Morgan fingerprint density at radius 3 is 1.08 bits per heavy atom. The molecule has 6 N–H and O–H groups in total. The van der Waals surface area contributed by atoms with Gasteiger partial charge in [-0.3, -0.25) is 43.2 Å². The first-order valence-corrected chi connectivity index (χ1v) is 29.9. The van der Waals surface area contributed by atoms with Gasteiger partial charge < -0.3 is 50.4 Å². The lowest BCUT2D eigenvalue weighted by Gasteiger charge is -2.26. The Kier molecular flexibility index (Phi) is 35.4. The van der Waals surface area contributed by atoms with Gasteiger partial charge in [-0.25, -0.2) is 14.4 Å². The molecule has 0 aliphatic carbocycles. The molecule has 97 heavy (non-hydrogen) atoms. The minimum atomic E-state index is -1.38. The van der Waals surface area contributed by atoms with Crippen LogP contribution < -0.4 is 26.0 Å². The number of aliphatic hydroxyl groups is 2. The zero-order valence-electron chi connectivity index (χ0n) is 56.8. The first-order valence-electron chi connectivity index (χ1n) is 29.9. The molecule has 0 saturated heterocycles. The normalized spacial score (nSPS) is 10.5. The van der Waals surface area contributed by atoms with Crippen molar-refractivity contribution in [2.24, 2.45) is 0 Å². The van der Waals surface area contributed by atoms with Crippen LogP contribution in [0.1, 0.15) is 130 Å². The van der Waals surface area contributed by atoms with E-state index in [0.717, 1.165) is 42.7 Å². The molecular formula is C75H88N4O18. The van der Waals surface area contributed by atoms with Crippen molar-refractivity contribution >= 4 is 76.0 Å². The maximum atomic E-state index is 11.9.